The first-order chi connectivity index (χ1) is 10.6. The third kappa shape index (κ3) is 3.12. The van der Waals surface area contributed by atoms with Crippen molar-refractivity contribution in [1.82, 2.24) is 15.1 Å². The first-order valence-corrected chi connectivity index (χ1v) is 7.86. The number of aromatic nitrogens is 2. The Morgan fingerprint density at radius 2 is 2.23 bits per heavy atom. The van der Waals surface area contributed by atoms with Crippen LogP contribution in [0.5, 0.6) is 0 Å². The smallest absolute Gasteiger partial charge is 0.274 e. The summed E-state index contributed by atoms with van der Waals surface area (Å²) in [5.41, 5.74) is 2.88. The first-order valence-electron chi connectivity index (χ1n) is 7.48. The summed E-state index contributed by atoms with van der Waals surface area (Å²) in [7, 11) is 0. The maximum Gasteiger partial charge on any atom is 0.274 e. The molecule has 5 heteroatoms. The Hall–Kier alpha value is -1.94. The third-order valence-electron chi connectivity index (χ3n) is 4.17. The fraction of sp³-hybridized carbons (Fsp3) is 0.353. The van der Waals surface area contributed by atoms with Crippen LogP contribution in [-0.4, -0.2) is 34.1 Å². The lowest BCUT2D eigenvalue weighted by Gasteiger charge is -2.33. The van der Waals surface area contributed by atoms with Gasteiger partial charge in [-0.15, -0.1) is 5.10 Å². The Morgan fingerprint density at radius 1 is 1.36 bits per heavy atom. The van der Waals surface area contributed by atoms with Gasteiger partial charge in [0.1, 0.15) is 0 Å². The molecule has 2 heterocycles. The topological polar surface area (TPSA) is 46.1 Å². The van der Waals surface area contributed by atoms with Crippen LogP contribution in [0, 0.1) is 6.92 Å². The molecule has 0 radical (unpaired) electrons. The van der Waals surface area contributed by atoms with E-state index in [1.165, 1.54) is 11.1 Å². The van der Waals surface area contributed by atoms with E-state index in [2.05, 4.69) is 23.2 Å². The van der Waals surface area contributed by atoms with Gasteiger partial charge in [0.05, 0.1) is 0 Å². The molecule has 1 amide bonds. The maximum absolute atomic E-state index is 12.5. The Labute approximate surface area is 135 Å². The van der Waals surface area contributed by atoms with Crippen LogP contribution in [0.3, 0.4) is 0 Å². The number of amides is 1. The fourth-order valence-electron chi connectivity index (χ4n) is 3.09. The molecule has 0 aliphatic carbocycles. The van der Waals surface area contributed by atoms with Gasteiger partial charge in [-0.05, 0) is 55.2 Å². The minimum absolute atomic E-state index is 0.0376. The molecule has 0 N–H and O–H groups in total. The Bertz CT molecular complexity index is 675. The Balaban J connectivity index is 1.78. The van der Waals surface area contributed by atoms with Gasteiger partial charge >= 0.3 is 0 Å². The molecular weight excluding hydrogens is 298 g/mol. The van der Waals surface area contributed by atoms with E-state index in [0.717, 1.165) is 31.0 Å². The minimum Gasteiger partial charge on any atom is -0.337 e. The molecule has 1 saturated heterocycles. The maximum atomic E-state index is 12.5. The molecule has 3 rings (SSSR count). The number of carbonyl (C=O) groups is 1. The summed E-state index contributed by atoms with van der Waals surface area (Å²) in [4.78, 5) is 14.4. The molecule has 1 aliphatic heterocycles. The second kappa shape index (κ2) is 6.44. The van der Waals surface area contributed by atoms with E-state index in [1.54, 1.807) is 18.3 Å². The van der Waals surface area contributed by atoms with Crippen LogP contribution in [0.1, 0.15) is 40.4 Å². The summed E-state index contributed by atoms with van der Waals surface area (Å²) in [6.07, 6.45) is 3.66. The molecular formula is C17H18ClN3O. The summed E-state index contributed by atoms with van der Waals surface area (Å²) >= 11 is 6.04. The Kier molecular flexibility index (Phi) is 4.39. The van der Waals surface area contributed by atoms with E-state index >= 15 is 0 Å². The van der Waals surface area contributed by atoms with Crippen LogP contribution in [-0.2, 0) is 0 Å². The summed E-state index contributed by atoms with van der Waals surface area (Å²) < 4.78 is 0. The molecule has 1 aromatic heterocycles. The lowest BCUT2D eigenvalue weighted by Crippen LogP contribution is -2.39. The summed E-state index contributed by atoms with van der Waals surface area (Å²) in [5.74, 6) is 0.316. The highest BCUT2D eigenvalue weighted by atomic mass is 35.5. The fourth-order valence-corrected chi connectivity index (χ4v) is 3.32. The van der Waals surface area contributed by atoms with Gasteiger partial charge < -0.3 is 4.90 Å². The van der Waals surface area contributed by atoms with Gasteiger partial charge in [0.25, 0.3) is 5.91 Å². The molecule has 22 heavy (non-hydrogen) atoms. The van der Waals surface area contributed by atoms with E-state index in [1.807, 2.05) is 17.0 Å². The van der Waals surface area contributed by atoms with E-state index in [0.29, 0.717) is 11.6 Å². The number of aryl methyl sites for hydroxylation is 1. The molecule has 1 unspecified atom stereocenters. The van der Waals surface area contributed by atoms with Crippen LogP contribution in [0.25, 0.3) is 0 Å². The number of benzene rings is 1. The molecule has 114 valence electrons. The average Bonchev–Trinajstić information content (AvgIpc) is 2.55. The van der Waals surface area contributed by atoms with Gasteiger partial charge in [-0.1, -0.05) is 17.7 Å². The highest BCUT2D eigenvalue weighted by molar-refractivity contribution is 6.30. The van der Waals surface area contributed by atoms with Gasteiger partial charge in [0.2, 0.25) is 0 Å². The standard InChI is InChI=1S/C17H18ClN3O/c1-12-10-14(18)6-7-15(12)13-4-3-9-21(11-13)17(22)16-5-2-8-19-20-16/h2,5-8,10,13H,3-4,9,11H2,1H3. The van der Waals surface area contributed by atoms with Crippen molar-refractivity contribution in [2.75, 3.05) is 13.1 Å². The lowest BCUT2D eigenvalue weighted by atomic mass is 9.88. The number of piperidine rings is 1. The molecule has 0 saturated carbocycles. The second-order valence-corrected chi connectivity index (χ2v) is 6.14. The zero-order chi connectivity index (χ0) is 15.5. The van der Waals surface area contributed by atoms with Crippen LogP contribution in [0.15, 0.2) is 36.5 Å². The number of carbonyl (C=O) groups excluding carboxylic acids is 1. The van der Waals surface area contributed by atoms with Gasteiger partial charge in [-0.25, -0.2) is 0 Å². The summed E-state index contributed by atoms with van der Waals surface area (Å²) in [5, 5.41) is 8.47. The van der Waals surface area contributed by atoms with Crippen molar-refractivity contribution in [1.29, 1.82) is 0 Å². The molecule has 1 aromatic carbocycles. The normalized spacial score (nSPS) is 18.3. The summed E-state index contributed by atoms with van der Waals surface area (Å²) in [6, 6.07) is 9.45. The van der Waals surface area contributed by atoms with Crippen LogP contribution in [0.4, 0.5) is 0 Å². The number of hydrogen-bond acceptors (Lipinski definition) is 3. The van der Waals surface area contributed by atoms with Crippen LogP contribution in [0.2, 0.25) is 5.02 Å². The molecule has 1 fully saturated rings. The highest BCUT2D eigenvalue weighted by Crippen LogP contribution is 2.30. The molecule has 0 bridgehead atoms. The van der Waals surface area contributed by atoms with E-state index in [4.69, 9.17) is 11.6 Å². The zero-order valence-electron chi connectivity index (χ0n) is 12.5. The highest BCUT2D eigenvalue weighted by Gasteiger charge is 2.27. The van der Waals surface area contributed by atoms with E-state index < -0.39 is 0 Å². The third-order valence-corrected chi connectivity index (χ3v) is 4.41. The quantitative estimate of drug-likeness (QED) is 0.852. The minimum atomic E-state index is -0.0376. The van der Waals surface area contributed by atoms with Gasteiger partial charge in [-0.2, -0.15) is 5.10 Å². The predicted octanol–water partition coefficient (Wildman–Crippen LogP) is 3.46. The largest absolute Gasteiger partial charge is 0.337 e. The van der Waals surface area contributed by atoms with Crippen molar-refractivity contribution in [3.8, 4) is 0 Å². The Morgan fingerprint density at radius 3 is 2.95 bits per heavy atom. The lowest BCUT2D eigenvalue weighted by molar-refractivity contribution is 0.0699. The molecule has 2 aromatic rings. The van der Waals surface area contributed by atoms with Crippen LogP contribution >= 0.6 is 11.6 Å². The number of rotatable bonds is 2. The first kappa shape index (κ1) is 15.0. The second-order valence-electron chi connectivity index (χ2n) is 5.70. The van der Waals surface area contributed by atoms with E-state index in [9.17, 15) is 4.79 Å². The van der Waals surface area contributed by atoms with E-state index in [-0.39, 0.29) is 5.91 Å². The van der Waals surface area contributed by atoms with Crippen molar-refractivity contribution in [3.63, 3.8) is 0 Å². The van der Waals surface area contributed by atoms with Crippen molar-refractivity contribution in [2.45, 2.75) is 25.7 Å². The SMILES string of the molecule is Cc1cc(Cl)ccc1C1CCCN(C(=O)c2cccnn2)C1. The molecule has 1 atom stereocenters. The zero-order valence-corrected chi connectivity index (χ0v) is 13.3. The average molecular weight is 316 g/mol. The number of likely N-dealkylation sites (tertiary alicyclic amines) is 1. The van der Waals surface area contributed by atoms with Crippen molar-refractivity contribution < 1.29 is 4.79 Å². The number of hydrogen-bond donors (Lipinski definition) is 0. The van der Waals surface area contributed by atoms with Crippen molar-refractivity contribution in [3.05, 3.63) is 58.4 Å². The predicted molar refractivity (Wildman–Crippen MR) is 86.1 cm³/mol. The number of halogens is 1. The summed E-state index contributed by atoms with van der Waals surface area (Å²) in [6.45, 7) is 3.57. The number of nitrogens with zero attached hydrogens (tertiary/aromatic N) is 3. The van der Waals surface area contributed by atoms with Gasteiger partial charge in [0, 0.05) is 30.2 Å². The van der Waals surface area contributed by atoms with Crippen molar-refractivity contribution >= 4 is 17.5 Å². The molecule has 1 aliphatic rings. The van der Waals surface area contributed by atoms with Gasteiger partial charge in [0.15, 0.2) is 5.69 Å². The van der Waals surface area contributed by atoms with Gasteiger partial charge in [-0.3, -0.25) is 4.79 Å². The van der Waals surface area contributed by atoms with Crippen molar-refractivity contribution in [2.24, 2.45) is 0 Å². The van der Waals surface area contributed by atoms with Crippen LogP contribution < -0.4 is 0 Å². The molecule has 4 nitrogen and oxygen atoms in total. The molecule has 0 spiro atoms. The monoisotopic (exact) mass is 315 g/mol.